The van der Waals surface area contributed by atoms with Gasteiger partial charge in [-0.1, -0.05) is 30.3 Å². The minimum Gasteiger partial charge on any atom is -0.460 e. The molecule has 0 atom stereocenters. The van der Waals surface area contributed by atoms with E-state index in [0.29, 0.717) is 33.4 Å². The van der Waals surface area contributed by atoms with E-state index in [1.807, 2.05) is 0 Å². The Kier molecular flexibility index (Phi) is 4.59. The van der Waals surface area contributed by atoms with Crippen molar-refractivity contribution in [3.05, 3.63) is 75.9 Å². The van der Waals surface area contributed by atoms with Crippen LogP contribution in [-0.2, 0) is 9.53 Å². The highest BCUT2D eigenvalue weighted by atomic mass is 16.5. The van der Waals surface area contributed by atoms with Gasteiger partial charge in [0.15, 0.2) is 11.6 Å². The molecule has 0 aliphatic heterocycles. The molecule has 0 fully saturated rings. The first-order chi connectivity index (χ1) is 12.0. The van der Waals surface area contributed by atoms with E-state index in [0.717, 1.165) is 0 Å². The average molecular weight is 336 g/mol. The standard InChI is InChI=1S/C20H16O5/c1-12(20(24)25-9-8-21)10-13-6-7-16-17(11-13)19(23)15-5-3-2-4-14(15)18(16)22/h2-7,10-11,21H,8-9H2,1H3. The molecule has 3 rings (SSSR count). The topological polar surface area (TPSA) is 80.7 Å². The van der Waals surface area contributed by atoms with Gasteiger partial charge in [0.1, 0.15) is 6.61 Å². The first-order valence-electron chi connectivity index (χ1n) is 7.81. The van der Waals surface area contributed by atoms with E-state index < -0.39 is 5.97 Å². The maximum absolute atomic E-state index is 12.7. The fourth-order valence-electron chi connectivity index (χ4n) is 2.77. The third-order valence-corrected chi connectivity index (χ3v) is 3.98. The lowest BCUT2D eigenvalue weighted by Crippen LogP contribution is -2.20. The van der Waals surface area contributed by atoms with Gasteiger partial charge in [0.2, 0.25) is 0 Å². The fraction of sp³-hybridized carbons (Fsp3) is 0.150. The van der Waals surface area contributed by atoms with Crippen molar-refractivity contribution in [1.82, 2.24) is 0 Å². The maximum atomic E-state index is 12.7. The van der Waals surface area contributed by atoms with Crippen molar-refractivity contribution >= 4 is 23.6 Å². The summed E-state index contributed by atoms with van der Waals surface area (Å²) in [5, 5.41) is 8.69. The summed E-state index contributed by atoms with van der Waals surface area (Å²) in [7, 11) is 0. The molecule has 25 heavy (non-hydrogen) atoms. The van der Waals surface area contributed by atoms with Crippen LogP contribution in [0.4, 0.5) is 0 Å². The van der Waals surface area contributed by atoms with Gasteiger partial charge in [-0.25, -0.2) is 4.79 Å². The van der Waals surface area contributed by atoms with Gasteiger partial charge in [0.05, 0.1) is 6.61 Å². The van der Waals surface area contributed by atoms with E-state index in [1.54, 1.807) is 55.5 Å². The number of aliphatic hydroxyl groups is 1. The zero-order valence-electron chi connectivity index (χ0n) is 13.6. The van der Waals surface area contributed by atoms with Gasteiger partial charge in [0, 0.05) is 27.8 Å². The molecule has 5 nitrogen and oxygen atoms in total. The largest absolute Gasteiger partial charge is 0.460 e. The molecule has 126 valence electrons. The van der Waals surface area contributed by atoms with E-state index in [-0.39, 0.29) is 24.8 Å². The number of hydrogen-bond donors (Lipinski definition) is 1. The van der Waals surface area contributed by atoms with E-state index in [1.165, 1.54) is 0 Å². The minimum absolute atomic E-state index is 0.0715. The number of ether oxygens (including phenoxy) is 1. The number of rotatable bonds is 4. The van der Waals surface area contributed by atoms with Crippen molar-refractivity contribution in [1.29, 1.82) is 0 Å². The molecule has 0 spiro atoms. The molecule has 0 aromatic heterocycles. The normalized spacial score (nSPS) is 13.3. The monoisotopic (exact) mass is 336 g/mol. The van der Waals surface area contributed by atoms with Crippen LogP contribution in [0.2, 0.25) is 0 Å². The molecule has 1 aliphatic rings. The smallest absolute Gasteiger partial charge is 0.333 e. The second-order valence-corrected chi connectivity index (χ2v) is 5.70. The van der Waals surface area contributed by atoms with Crippen molar-refractivity contribution < 1.29 is 24.2 Å². The third-order valence-electron chi connectivity index (χ3n) is 3.98. The Labute approximate surface area is 144 Å². The van der Waals surface area contributed by atoms with Crippen molar-refractivity contribution in [3.63, 3.8) is 0 Å². The predicted molar refractivity (Wildman–Crippen MR) is 91.4 cm³/mol. The van der Waals surface area contributed by atoms with E-state index in [2.05, 4.69) is 0 Å². The second-order valence-electron chi connectivity index (χ2n) is 5.70. The molecule has 0 saturated carbocycles. The summed E-state index contributed by atoms with van der Waals surface area (Å²) in [6, 6.07) is 11.6. The van der Waals surface area contributed by atoms with Crippen LogP contribution in [0.15, 0.2) is 48.0 Å². The van der Waals surface area contributed by atoms with E-state index in [4.69, 9.17) is 9.84 Å². The van der Waals surface area contributed by atoms with Crippen LogP contribution in [0.3, 0.4) is 0 Å². The lowest BCUT2D eigenvalue weighted by atomic mass is 9.83. The molecule has 5 heteroatoms. The Bertz CT molecular complexity index is 908. The highest BCUT2D eigenvalue weighted by Gasteiger charge is 2.29. The molecule has 0 amide bonds. The van der Waals surface area contributed by atoms with Crippen molar-refractivity contribution in [3.8, 4) is 0 Å². The summed E-state index contributed by atoms with van der Waals surface area (Å²) in [5.74, 6) is -0.930. The van der Waals surface area contributed by atoms with Crippen molar-refractivity contribution in [2.24, 2.45) is 0 Å². The predicted octanol–water partition coefficient (Wildman–Crippen LogP) is 2.40. The number of benzene rings is 2. The number of fused-ring (bicyclic) bond motifs is 2. The van der Waals surface area contributed by atoms with Gasteiger partial charge in [-0.15, -0.1) is 0 Å². The molecular weight excluding hydrogens is 320 g/mol. The van der Waals surface area contributed by atoms with E-state index in [9.17, 15) is 14.4 Å². The highest BCUT2D eigenvalue weighted by Crippen LogP contribution is 2.28. The maximum Gasteiger partial charge on any atom is 0.333 e. The second kappa shape index (κ2) is 6.83. The third kappa shape index (κ3) is 3.14. The number of esters is 1. The Hall–Kier alpha value is -3.05. The van der Waals surface area contributed by atoms with Gasteiger partial charge < -0.3 is 9.84 Å². The SMILES string of the molecule is CC(=Cc1ccc2c(c1)C(=O)c1ccccc1C2=O)C(=O)OCCO. The summed E-state index contributed by atoms with van der Waals surface area (Å²) < 4.78 is 4.84. The van der Waals surface area contributed by atoms with Gasteiger partial charge >= 0.3 is 5.97 Å². The Balaban J connectivity index is 1.96. The number of carbonyl (C=O) groups excluding carboxylic acids is 3. The number of hydrogen-bond acceptors (Lipinski definition) is 5. The molecular formula is C20H16O5. The molecule has 2 aromatic carbocycles. The summed E-state index contributed by atoms with van der Waals surface area (Å²) >= 11 is 0. The number of aliphatic hydroxyl groups excluding tert-OH is 1. The molecule has 1 aliphatic carbocycles. The van der Waals surface area contributed by atoms with Crippen LogP contribution in [0.1, 0.15) is 44.3 Å². The van der Waals surface area contributed by atoms with Crippen LogP contribution >= 0.6 is 0 Å². The van der Waals surface area contributed by atoms with Crippen LogP contribution in [0.5, 0.6) is 0 Å². The summed E-state index contributed by atoms with van der Waals surface area (Å²) in [6.07, 6.45) is 1.58. The minimum atomic E-state index is -0.542. The molecule has 0 unspecified atom stereocenters. The zero-order valence-corrected chi connectivity index (χ0v) is 13.6. The molecule has 2 aromatic rings. The zero-order chi connectivity index (χ0) is 18.0. The molecule has 1 N–H and O–H groups in total. The van der Waals surface area contributed by atoms with Gasteiger partial charge in [0.25, 0.3) is 0 Å². The Morgan fingerprint density at radius 1 is 1.00 bits per heavy atom. The molecule has 0 heterocycles. The molecule has 0 radical (unpaired) electrons. The lowest BCUT2D eigenvalue weighted by molar-refractivity contribution is -0.139. The quantitative estimate of drug-likeness (QED) is 0.584. The number of carbonyl (C=O) groups is 3. The van der Waals surface area contributed by atoms with Crippen LogP contribution < -0.4 is 0 Å². The van der Waals surface area contributed by atoms with Gasteiger partial charge in [-0.2, -0.15) is 0 Å². The summed E-state index contributed by atoms with van der Waals surface area (Å²) in [5.41, 5.74) is 2.45. The fourth-order valence-corrected chi connectivity index (χ4v) is 2.77. The van der Waals surface area contributed by atoms with Crippen LogP contribution in [0.25, 0.3) is 6.08 Å². The molecule has 0 bridgehead atoms. The average Bonchev–Trinajstić information content (AvgIpc) is 2.64. The van der Waals surface area contributed by atoms with E-state index >= 15 is 0 Å². The first kappa shape index (κ1) is 16.8. The Morgan fingerprint density at radius 3 is 2.24 bits per heavy atom. The Morgan fingerprint density at radius 2 is 1.60 bits per heavy atom. The number of ketones is 2. The van der Waals surface area contributed by atoms with Gasteiger partial charge in [-0.3, -0.25) is 9.59 Å². The first-order valence-corrected chi connectivity index (χ1v) is 7.81. The molecule has 0 saturated heterocycles. The van der Waals surface area contributed by atoms with Crippen LogP contribution in [0, 0.1) is 0 Å². The van der Waals surface area contributed by atoms with Crippen molar-refractivity contribution in [2.75, 3.05) is 13.2 Å². The van der Waals surface area contributed by atoms with Crippen molar-refractivity contribution in [2.45, 2.75) is 6.92 Å². The highest BCUT2D eigenvalue weighted by molar-refractivity contribution is 6.28. The lowest BCUT2D eigenvalue weighted by Gasteiger charge is -2.17. The van der Waals surface area contributed by atoms with Gasteiger partial charge in [-0.05, 0) is 30.7 Å². The summed E-state index contributed by atoms with van der Waals surface area (Å²) in [4.78, 5) is 37.0. The van der Waals surface area contributed by atoms with Crippen LogP contribution in [-0.4, -0.2) is 35.9 Å². The summed E-state index contributed by atoms with van der Waals surface area (Å²) in [6.45, 7) is 1.27.